The van der Waals surface area contributed by atoms with Crippen LogP contribution in [0, 0.1) is 5.92 Å². The number of nitrogens with one attached hydrogen (secondary N) is 1. The Labute approximate surface area is 149 Å². The normalized spacial score (nSPS) is 17.7. The first-order valence-corrected chi connectivity index (χ1v) is 8.66. The van der Waals surface area contributed by atoms with Gasteiger partial charge in [-0.2, -0.15) is 0 Å². The molecule has 1 aliphatic heterocycles. The maximum absolute atomic E-state index is 12.1. The number of ether oxygens (including phenoxy) is 1. The van der Waals surface area contributed by atoms with Crippen LogP contribution in [0.25, 0.3) is 0 Å². The van der Waals surface area contributed by atoms with Crippen molar-refractivity contribution in [1.29, 1.82) is 0 Å². The third kappa shape index (κ3) is 4.61. The molecule has 0 unspecified atom stereocenters. The van der Waals surface area contributed by atoms with Gasteiger partial charge < -0.3 is 15.0 Å². The highest BCUT2D eigenvalue weighted by Gasteiger charge is 2.26. The van der Waals surface area contributed by atoms with Gasteiger partial charge in [0.2, 0.25) is 5.91 Å². The average Bonchev–Trinajstić information content (AvgIpc) is 2.51. The first kappa shape index (κ1) is 18.1. The van der Waals surface area contributed by atoms with Crippen LogP contribution >= 0.6 is 27.5 Å². The Morgan fingerprint density at radius 3 is 2.87 bits per heavy atom. The minimum Gasteiger partial charge on any atom is -0.465 e. The first-order chi connectivity index (χ1) is 10.9. The molecule has 0 aromatic heterocycles. The van der Waals surface area contributed by atoms with Crippen LogP contribution < -0.4 is 10.2 Å². The van der Waals surface area contributed by atoms with Crippen LogP contribution in [0.5, 0.6) is 0 Å². The van der Waals surface area contributed by atoms with Crippen LogP contribution in [0.1, 0.15) is 30.1 Å². The Morgan fingerprint density at radius 2 is 2.22 bits per heavy atom. The predicted molar refractivity (Wildman–Crippen MR) is 94.1 cm³/mol. The standard InChI is InChI=1S/C16H20BrClN2O3/c1-10(21)19-8-11-4-3-5-20(9-11)15-13(16(22)23-2)6-12(18)7-14(15)17/h6-7,11H,3-5,8-9H2,1-2H3,(H,19,21)/t11-/m1/s1. The molecule has 23 heavy (non-hydrogen) atoms. The van der Waals surface area contributed by atoms with Gasteiger partial charge in [-0.05, 0) is 46.8 Å². The highest BCUT2D eigenvalue weighted by Crippen LogP contribution is 2.36. The minimum absolute atomic E-state index is 0.0231. The van der Waals surface area contributed by atoms with E-state index in [1.165, 1.54) is 14.0 Å². The summed E-state index contributed by atoms with van der Waals surface area (Å²) in [6, 6.07) is 3.41. The summed E-state index contributed by atoms with van der Waals surface area (Å²) in [5.41, 5.74) is 1.25. The number of benzene rings is 1. The number of amides is 1. The van der Waals surface area contributed by atoms with Crippen LogP contribution in [0.15, 0.2) is 16.6 Å². The molecule has 1 fully saturated rings. The van der Waals surface area contributed by atoms with E-state index >= 15 is 0 Å². The highest BCUT2D eigenvalue weighted by atomic mass is 79.9. The third-order valence-electron chi connectivity index (χ3n) is 3.91. The fraction of sp³-hybridized carbons (Fsp3) is 0.500. The molecule has 2 rings (SSSR count). The fourth-order valence-electron chi connectivity index (χ4n) is 2.88. The smallest absolute Gasteiger partial charge is 0.340 e. The Hall–Kier alpha value is -1.27. The van der Waals surface area contributed by atoms with Crippen molar-refractivity contribution in [2.24, 2.45) is 5.92 Å². The van der Waals surface area contributed by atoms with E-state index < -0.39 is 5.97 Å². The lowest BCUT2D eigenvalue weighted by atomic mass is 9.96. The van der Waals surface area contributed by atoms with Crippen LogP contribution in [0.2, 0.25) is 5.02 Å². The molecule has 1 heterocycles. The van der Waals surface area contributed by atoms with E-state index in [-0.39, 0.29) is 5.91 Å². The fourth-order valence-corrected chi connectivity index (χ4v) is 3.94. The summed E-state index contributed by atoms with van der Waals surface area (Å²) in [7, 11) is 1.36. The third-order valence-corrected chi connectivity index (χ3v) is 4.73. The monoisotopic (exact) mass is 402 g/mol. The number of esters is 1. The maximum Gasteiger partial charge on any atom is 0.340 e. The van der Waals surface area contributed by atoms with Crippen LogP contribution in [0.4, 0.5) is 5.69 Å². The van der Waals surface area contributed by atoms with E-state index in [0.29, 0.717) is 23.0 Å². The second-order valence-corrected chi connectivity index (χ2v) is 6.96. The second-order valence-electron chi connectivity index (χ2n) is 5.67. The van der Waals surface area contributed by atoms with Crippen molar-refractivity contribution in [2.45, 2.75) is 19.8 Å². The topological polar surface area (TPSA) is 58.6 Å². The molecule has 1 aromatic rings. The molecule has 0 saturated carbocycles. The summed E-state index contributed by atoms with van der Waals surface area (Å²) in [4.78, 5) is 25.4. The highest BCUT2D eigenvalue weighted by molar-refractivity contribution is 9.10. The van der Waals surface area contributed by atoms with Gasteiger partial charge in [0, 0.05) is 36.1 Å². The number of piperidine rings is 1. The molecule has 1 amide bonds. The van der Waals surface area contributed by atoms with Gasteiger partial charge in [-0.15, -0.1) is 0 Å². The minimum atomic E-state index is -0.410. The number of rotatable bonds is 4. The summed E-state index contributed by atoms with van der Waals surface area (Å²) >= 11 is 9.58. The molecule has 1 N–H and O–H groups in total. The van der Waals surface area contributed by atoms with E-state index in [1.807, 2.05) is 0 Å². The lowest BCUT2D eigenvalue weighted by Gasteiger charge is -2.36. The van der Waals surface area contributed by atoms with Crippen molar-refractivity contribution in [2.75, 3.05) is 31.6 Å². The molecule has 1 atom stereocenters. The van der Waals surface area contributed by atoms with Crippen molar-refractivity contribution in [3.8, 4) is 0 Å². The number of hydrogen-bond donors (Lipinski definition) is 1. The SMILES string of the molecule is COC(=O)c1cc(Cl)cc(Br)c1N1CCC[C@H](CNC(C)=O)C1. The molecular formula is C16H20BrClN2O3. The van der Waals surface area contributed by atoms with Crippen molar-refractivity contribution < 1.29 is 14.3 Å². The van der Waals surface area contributed by atoms with Gasteiger partial charge in [0.25, 0.3) is 0 Å². The summed E-state index contributed by atoms with van der Waals surface area (Å²) in [6.45, 7) is 3.78. The van der Waals surface area contributed by atoms with Crippen LogP contribution in [-0.2, 0) is 9.53 Å². The molecule has 7 heteroatoms. The van der Waals surface area contributed by atoms with Gasteiger partial charge in [-0.1, -0.05) is 11.6 Å². The van der Waals surface area contributed by atoms with Crippen molar-refractivity contribution in [1.82, 2.24) is 5.32 Å². The molecule has 0 radical (unpaired) electrons. The Kier molecular flexibility index (Phi) is 6.30. The molecule has 1 aromatic carbocycles. The van der Waals surface area contributed by atoms with E-state index in [0.717, 1.165) is 36.1 Å². The summed E-state index contributed by atoms with van der Waals surface area (Å²) in [5, 5.41) is 3.35. The zero-order valence-corrected chi connectivity index (χ0v) is 15.5. The van der Waals surface area contributed by atoms with Crippen molar-refractivity contribution in [3.05, 3.63) is 27.2 Å². The van der Waals surface area contributed by atoms with Gasteiger partial charge in [-0.25, -0.2) is 4.79 Å². The summed E-state index contributed by atoms with van der Waals surface area (Å²) in [5.74, 6) is -0.0852. The molecule has 5 nitrogen and oxygen atoms in total. The molecule has 0 bridgehead atoms. The van der Waals surface area contributed by atoms with E-state index in [9.17, 15) is 9.59 Å². The predicted octanol–water partition coefficient (Wildman–Crippen LogP) is 3.24. The molecule has 1 saturated heterocycles. The van der Waals surface area contributed by atoms with Gasteiger partial charge in [-0.3, -0.25) is 4.79 Å². The number of hydrogen-bond acceptors (Lipinski definition) is 4. The van der Waals surface area contributed by atoms with Gasteiger partial charge in [0.1, 0.15) is 0 Å². The zero-order chi connectivity index (χ0) is 17.0. The van der Waals surface area contributed by atoms with Gasteiger partial charge in [0.15, 0.2) is 0 Å². The quantitative estimate of drug-likeness (QED) is 0.784. The number of carbonyl (C=O) groups is 2. The lowest BCUT2D eigenvalue weighted by Crippen LogP contribution is -2.41. The van der Waals surface area contributed by atoms with E-state index in [4.69, 9.17) is 16.3 Å². The maximum atomic E-state index is 12.1. The first-order valence-electron chi connectivity index (χ1n) is 7.49. The average molecular weight is 404 g/mol. The Bertz CT molecular complexity index is 609. The number of methoxy groups -OCH3 is 1. The number of nitrogens with zero attached hydrogens (tertiary/aromatic N) is 1. The van der Waals surface area contributed by atoms with Crippen molar-refractivity contribution >= 4 is 45.1 Å². The Morgan fingerprint density at radius 1 is 1.48 bits per heavy atom. The van der Waals surface area contributed by atoms with E-state index in [1.54, 1.807) is 12.1 Å². The zero-order valence-electron chi connectivity index (χ0n) is 13.2. The molecule has 0 spiro atoms. The Balaban J connectivity index is 2.26. The second kappa shape index (κ2) is 8.02. The van der Waals surface area contributed by atoms with Crippen molar-refractivity contribution in [3.63, 3.8) is 0 Å². The van der Waals surface area contributed by atoms with E-state index in [2.05, 4.69) is 26.1 Å². The van der Waals surface area contributed by atoms with Crippen LogP contribution in [-0.4, -0.2) is 38.6 Å². The molecule has 126 valence electrons. The molecule has 0 aliphatic carbocycles. The lowest BCUT2D eigenvalue weighted by molar-refractivity contribution is -0.119. The molecule has 1 aliphatic rings. The number of halogens is 2. The summed E-state index contributed by atoms with van der Waals surface area (Å²) in [6.07, 6.45) is 2.05. The largest absolute Gasteiger partial charge is 0.465 e. The molecular weight excluding hydrogens is 384 g/mol. The van der Waals surface area contributed by atoms with Crippen LogP contribution in [0.3, 0.4) is 0 Å². The summed E-state index contributed by atoms with van der Waals surface area (Å²) < 4.78 is 5.65. The number of carbonyl (C=O) groups excluding carboxylic acids is 2. The van der Waals surface area contributed by atoms with Gasteiger partial charge in [0.05, 0.1) is 18.4 Å². The number of anilines is 1. The van der Waals surface area contributed by atoms with Gasteiger partial charge >= 0.3 is 5.97 Å².